The van der Waals surface area contributed by atoms with Crippen molar-refractivity contribution in [3.8, 4) is 0 Å². The van der Waals surface area contributed by atoms with Crippen LogP contribution in [-0.4, -0.2) is 11.3 Å². The van der Waals surface area contributed by atoms with Crippen LogP contribution in [0.2, 0.25) is 0 Å². The largest absolute Gasteiger partial charge is 0.385 e. The molecule has 0 fully saturated rings. The lowest BCUT2D eigenvalue weighted by Gasteiger charge is -2.12. The first-order chi connectivity index (χ1) is 6.25. The molecule has 2 heteroatoms. The zero-order valence-electron chi connectivity index (χ0n) is 7.52. The van der Waals surface area contributed by atoms with Crippen molar-refractivity contribution in [2.24, 2.45) is 0 Å². The average Bonchev–Trinajstić information content (AvgIpc) is 2.18. The van der Waals surface area contributed by atoms with Crippen LogP contribution < -0.4 is 0 Å². The molecule has 0 spiro atoms. The number of benzene rings is 1. The lowest BCUT2D eigenvalue weighted by Crippen LogP contribution is -2.10. The van der Waals surface area contributed by atoms with Crippen LogP contribution in [0.25, 0.3) is 0 Å². The predicted molar refractivity (Wildman–Crippen MR) is 51.1 cm³/mol. The highest BCUT2D eigenvalue weighted by Crippen LogP contribution is 2.19. The van der Waals surface area contributed by atoms with Gasteiger partial charge in [0.1, 0.15) is 12.3 Å². The molecule has 13 heavy (non-hydrogen) atoms. The zero-order chi connectivity index (χ0) is 9.68. The molecule has 0 aliphatic rings. The number of aliphatic hydroxyl groups is 1. The van der Waals surface area contributed by atoms with Gasteiger partial charge in [0.15, 0.2) is 0 Å². The molecule has 0 aromatic heterocycles. The first kappa shape index (κ1) is 9.93. The van der Waals surface area contributed by atoms with E-state index in [2.05, 4.69) is 0 Å². The Morgan fingerprint density at radius 2 is 1.92 bits per heavy atom. The molecule has 0 saturated carbocycles. The molecule has 0 amide bonds. The van der Waals surface area contributed by atoms with Gasteiger partial charge >= 0.3 is 0 Å². The van der Waals surface area contributed by atoms with Gasteiger partial charge in [-0.25, -0.2) is 4.39 Å². The van der Waals surface area contributed by atoms with Gasteiger partial charge in [0, 0.05) is 0 Å². The molecule has 1 aromatic rings. The number of halogens is 1. The maximum atomic E-state index is 13.1. The monoisotopic (exact) mass is 180 g/mol. The van der Waals surface area contributed by atoms with E-state index in [1.54, 1.807) is 37.3 Å². The molecule has 70 valence electrons. The van der Waals surface area contributed by atoms with Crippen LogP contribution in [0.15, 0.2) is 42.5 Å². The summed E-state index contributed by atoms with van der Waals surface area (Å²) in [7, 11) is 0. The maximum Gasteiger partial charge on any atom is 0.148 e. The van der Waals surface area contributed by atoms with Gasteiger partial charge < -0.3 is 5.11 Å². The summed E-state index contributed by atoms with van der Waals surface area (Å²) in [4.78, 5) is 0. The van der Waals surface area contributed by atoms with E-state index in [-0.39, 0.29) is 0 Å². The minimum absolute atomic E-state index is 0.605. The van der Waals surface area contributed by atoms with Crippen molar-refractivity contribution in [3.63, 3.8) is 0 Å². The summed E-state index contributed by atoms with van der Waals surface area (Å²) in [5.41, 5.74) is 0.605. The molecule has 1 aromatic carbocycles. The first-order valence-corrected chi connectivity index (χ1v) is 4.25. The van der Waals surface area contributed by atoms with Gasteiger partial charge in [0.05, 0.1) is 0 Å². The normalized spacial score (nSPS) is 15.9. The highest BCUT2D eigenvalue weighted by molar-refractivity contribution is 5.19. The highest BCUT2D eigenvalue weighted by Gasteiger charge is 2.16. The zero-order valence-corrected chi connectivity index (χ0v) is 7.52. The summed E-state index contributed by atoms with van der Waals surface area (Å²) >= 11 is 0. The Balaban J connectivity index is 2.73. The number of hydrogen-bond donors (Lipinski definition) is 1. The minimum Gasteiger partial charge on any atom is -0.385 e. The number of rotatable bonds is 3. The minimum atomic E-state index is -1.33. The molecular formula is C11H13FO. The Hall–Kier alpha value is -1.15. The molecule has 0 bridgehead atoms. The second-order valence-electron chi connectivity index (χ2n) is 2.83. The van der Waals surface area contributed by atoms with Crippen molar-refractivity contribution in [1.82, 2.24) is 0 Å². The van der Waals surface area contributed by atoms with Gasteiger partial charge in [-0.2, -0.15) is 0 Å². The second kappa shape index (κ2) is 4.77. The molecule has 0 heterocycles. The fourth-order valence-corrected chi connectivity index (χ4v) is 1.12. The van der Waals surface area contributed by atoms with Gasteiger partial charge in [-0.05, 0) is 12.5 Å². The standard InChI is InChI=1S/C11H13FO/c1-2-6-10(12)11(13)9-7-4-3-5-8-9/h2-8,10-11,13H,1H3/b6-2+. The molecule has 0 aliphatic carbocycles. The lowest BCUT2D eigenvalue weighted by molar-refractivity contribution is 0.103. The summed E-state index contributed by atoms with van der Waals surface area (Å²) < 4.78 is 13.1. The fourth-order valence-electron chi connectivity index (χ4n) is 1.12. The summed E-state index contributed by atoms with van der Waals surface area (Å²) in [5, 5.41) is 9.49. The lowest BCUT2D eigenvalue weighted by atomic mass is 10.1. The third kappa shape index (κ3) is 2.67. The quantitative estimate of drug-likeness (QED) is 0.709. The van der Waals surface area contributed by atoms with Crippen LogP contribution in [0.4, 0.5) is 4.39 Å². The Kier molecular flexibility index (Phi) is 3.65. The Labute approximate surface area is 77.5 Å². The van der Waals surface area contributed by atoms with Crippen LogP contribution in [0.5, 0.6) is 0 Å². The molecule has 1 N–H and O–H groups in total. The molecular weight excluding hydrogens is 167 g/mol. The Bertz CT molecular complexity index is 269. The number of aliphatic hydroxyl groups excluding tert-OH is 1. The van der Waals surface area contributed by atoms with E-state index in [1.165, 1.54) is 6.08 Å². The van der Waals surface area contributed by atoms with Gasteiger partial charge in [-0.15, -0.1) is 0 Å². The number of hydrogen-bond acceptors (Lipinski definition) is 1. The van der Waals surface area contributed by atoms with Crippen molar-refractivity contribution in [1.29, 1.82) is 0 Å². The van der Waals surface area contributed by atoms with Crippen LogP contribution in [0.1, 0.15) is 18.6 Å². The van der Waals surface area contributed by atoms with Crippen molar-refractivity contribution in [2.75, 3.05) is 0 Å². The smallest absolute Gasteiger partial charge is 0.148 e. The Morgan fingerprint density at radius 3 is 2.46 bits per heavy atom. The fraction of sp³-hybridized carbons (Fsp3) is 0.273. The molecule has 1 rings (SSSR count). The molecule has 1 nitrogen and oxygen atoms in total. The van der Waals surface area contributed by atoms with E-state index in [9.17, 15) is 9.50 Å². The maximum absolute atomic E-state index is 13.1. The van der Waals surface area contributed by atoms with Gasteiger partial charge in [-0.1, -0.05) is 42.5 Å². The van der Waals surface area contributed by atoms with Crippen LogP contribution >= 0.6 is 0 Å². The van der Waals surface area contributed by atoms with Crippen molar-refractivity contribution in [2.45, 2.75) is 19.2 Å². The number of allylic oxidation sites excluding steroid dienone is 1. The summed E-state index contributed by atoms with van der Waals surface area (Å²) in [6.45, 7) is 1.73. The molecule has 0 saturated heterocycles. The molecule has 2 unspecified atom stereocenters. The van der Waals surface area contributed by atoms with E-state index < -0.39 is 12.3 Å². The van der Waals surface area contributed by atoms with Gasteiger partial charge in [-0.3, -0.25) is 0 Å². The summed E-state index contributed by atoms with van der Waals surface area (Å²) in [6, 6.07) is 8.81. The van der Waals surface area contributed by atoms with E-state index in [1.807, 2.05) is 6.07 Å². The van der Waals surface area contributed by atoms with E-state index in [4.69, 9.17) is 0 Å². The summed E-state index contributed by atoms with van der Waals surface area (Å²) in [5.74, 6) is 0. The average molecular weight is 180 g/mol. The molecule has 2 atom stereocenters. The molecule has 0 aliphatic heterocycles. The third-order valence-electron chi connectivity index (χ3n) is 1.82. The topological polar surface area (TPSA) is 20.2 Å². The molecule has 0 radical (unpaired) electrons. The summed E-state index contributed by atoms with van der Waals surface area (Å²) in [6.07, 6.45) is 0.555. The highest BCUT2D eigenvalue weighted by atomic mass is 19.1. The van der Waals surface area contributed by atoms with Crippen molar-refractivity contribution in [3.05, 3.63) is 48.0 Å². The van der Waals surface area contributed by atoms with Crippen molar-refractivity contribution >= 4 is 0 Å². The number of alkyl halides is 1. The van der Waals surface area contributed by atoms with E-state index in [0.29, 0.717) is 5.56 Å². The van der Waals surface area contributed by atoms with Crippen LogP contribution in [-0.2, 0) is 0 Å². The van der Waals surface area contributed by atoms with E-state index in [0.717, 1.165) is 0 Å². The third-order valence-corrected chi connectivity index (χ3v) is 1.82. The van der Waals surface area contributed by atoms with E-state index >= 15 is 0 Å². The SMILES string of the molecule is C/C=C/C(F)C(O)c1ccccc1. The van der Waals surface area contributed by atoms with Gasteiger partial charge in [0.25, 0.3) is 0 Å². The van der Waals surface area contributed by atoms with Crippen LogP contribution in [0, 0.1) is 0 Å². The predicted octanol–water partition coefficient (Wildman–Crippen LogP) is 2.63. The van der Waals surface area contributed by atoms with Crippen LogP contribution in [0.3, 0.4) is 0 Å². The van der Waals surface area contributed by atoms with Gasteiger partial charge in [0.2, 0.25) is 0 Å². The van der Waals surface area contributed by atoms with Crippen molar-refractivity contribution < 1.29 is 9.50 Å². The second-order valence-corrected chi connectivity index (χ2v) is 2.83. The first-order valence-electron chi connectivity index (χ1n) is 4.25. The Morgan fingerprint density at radius 1 is 1.31 bits per heavy atom.